The molecule has 0 aromatic heterocycles. The number of carbonyl (C=O) groups is 2. The zero-order chi connectivity index (χ0) is 16.5. The van der Waals surface area contributed by atoms with E-state index in [1.807, 2.05) is 5.32 Å². The van der Waals surface area contributed by atoms with Crippen molar-refractivity contribution in [3.63, 3.8) is 0 Å². The molecule has 5 nitrogen and oxygen atoms in total. The van der Waals surface area contributed by atoms with E-state index >= 15 is 0 Å². The minimum Gasteiger partial charge on any atom is -0.326 e. The highest BCUT2D eigenvalue weighted by Gasteiger charge is 2.67. The lowest BCUT2D eigenvalue weighted by atomic mass is 9.90. The molecule has 114 valence electrons. The number of hydrogen-bond donors (Lipinski definition) is 2. The molecule has 1 aliphatic heterocycles. The Morgan fingerprint density at radius 3 is 2.41 bits per heavy atom. The summed E-state index contributed by atoms with van der Waals surface area (Å²) in [6, 6.07) is 8.48. The number of allylic oxidation sites excluding steroid dienone is 1. The third-order valence-corrected chi connectivity index (χ3v) is 3.27. The molecule has 1 aliphatic rings. The Hall–Kier alpha value is -2.82. The van der Waals surface area contributed by atoms with Gasteiger partial charge in [0.25, 0.3) is 17.4 Å². The largest absolute Gasteiger partial charge is 0.425 e. The van der Waals surface area contributed by atoms with Crippen molar-refractivity contribution in [2.75, 3.05) is 0 Å². The second kappa shape index (κ2) is 5.18. The van der Waals surface area contributed by atoms with E-state index < -0.39 is 29.1 Å². The number of amides is 2. The molecule has 0 saturated heterocycles. The van der Waals surface area contributed by atoms with E-state index in [4.69, 9.17) is 5.26 Å². The van der Waals surface area contributed by atoms with Crippen LogP contribution in [0.1, 0.15) is 17.3 Å². The summed E-state index contributed by atoms with van der Waals surface area (Å²) in [6.07, 6.45) is -5.16. The normalized spacial score (nSPS) is 21.3. The van der Waals surface area contributed by atoms with Crippen molar-refractivity contribution < 1.29 is 22.8 Å². The molecule has 0 spiro atoms. The Bertz CT molecular complexity index is 704. The fourth-order valence-electron chi connectivity index (χ4n) is 2.18. The molecule has 0 unspecified atom stereocenters. The van der Waals surface area contributed by atoms with Gasteiger partial charge in [-0.1, -0.05) is 18.2 Å². The molecule has 0 radical (unpaired) electrons. The SMILES string of the molecule is CC1=C(C#N)[C@@](NC(=O)c2ccccc2)(C(F)(F)F)C(=O)N1. The van der Waals surface area contributed by atoms with Crippen molar-refractivity contribution in [3.05, 3.63) is 47.2 Å². The molecule has 1 aromatic carbocycles. The molecule has 1 atom stereocenters. The smallest absolute Gasteiger partial charge is 0.326 e. The fourth-order valence-corrected chi connectivity index (χ4v) is 2.18. The summed E-state index contributed by atoms with van der Waals surface area (Å²) in [5, 5.41) is 12.6. The van der Waals surface area contributed by atoms with Crippen molar-refractivity contribution in [2.45, 2.75) is 18.6 Å². The molecular formula is C14H10F3N3O2. The summed E-state index contributed by atoms with van der Waals surface area (Å²) in [5.74, 6) is -2.60. The lowest BCUT2D eigenvalue weighted by Crippen LogP contribution is -2.64. The molecule has 22 heavy (non-hydrogen) atoms. The van der Waals surface area contributed by atoms with Crippen molar-refractivity contribution in [3.8, 4) is 6.07 Å². The highest BCUT2D eigenvalue weighted by Crippen LogP contribution is 2.40. The molecule has 0 fully saturated rings. The van der Waals surface area contributed by atoms with Crippen LogP contribution in [-0.4, -0.2) is 23.5 Å². The quantitative estimate of drug-likeness (QED) is 0.871. The number of halogens is 3. The molecule has 0 saturated carbocycles. The molecule has 8 heteroatoms. The van der Waals surface area contributed by atoms with E-state index in [0.717, 1.165) is 0 Å². The number of carbonyl (C=O) groups excluding carboxylic acids is 2. The molecule has 0 aliphatic carbocycles. The van der Waals surface area contributed by atoms with Crippen LogP contribution in [-0.2, 0) is 4.79 Å². The van der Waals surface area contributed by atoms with Gasteiger partial charge < -0.3 is 10.6 Å². The van der Waals surface area contributed by atoms with Gasteiger partial charge in [-0.2, -0.15) is 18.4 Å². The topological polar surface area (TPSA) is 82.0 Å². The maximum absolute atomic E-state index is 13.5. The van der Waals surface area contributed by atoms with Crippen LogP contribution < -0.4 is 10.6 Å². The molecule has 2 N–H and O–H groups in total. The molecule has 1 heterocycles. The van der Waals surface area contributed by atoms with E-state index in [9.17, 15) is 22.8 Å². The Kier molecular flexibility index (Phi) is 3.67. The predicted octanol–water partition coefficient (Wildman–Crippen LogP) is 1.64. The van der Waals surface area contributed by atoms with Gasteiger partial charge in [-0.05, 0) is 19.1 Å². The van der Waals surface area contributed by atoms with Crippen LogP contribution in [0.15, 0.2) is 41.6 Å². The van der Waals surface area contributed by atoms with Gasteiger partial charge >= 0.3 is 6.18 Å². The maximum atomic E-state index is 13.5. The van der Waals surface area contributed by atoms with Crippen molar-refractivity contribution in [1.82, 2.24) is 10.6 Å². The number of nitrogens with one attached hydrogen (secondary N) is 2. The summed E-state index contributed by atoms with van der Waals surface area (Å²) >= 11 is 0. The summed E-state index contributed by atoms with van der Waals surface area (Å²) in [4.78, 5) is 23.9. The zero-order valence-corrected chi connectivity index (χ0v) is 11.3. The average molecular weight is 309 g/mol. The zero-order valence-electron chi connectivity index (χ0n) is 11.3. The maximum Gasteiger partial charge on any atom is 0.425 e. The Balaban J connectivity index is 2.52. The molecule has 1 aromatic rings. The molecule has 2 amide bonds. The van der Waals surface area contributed by atoms with E-state index in [0.29, 0.717) is 0 Å². The van der Waals surface area contributed by atoms with Crippen molar-refractivity contribution >= 4 is 11.8 Å². The van der Waals surface area contributed by atoms with Gasteiger partial charge in [-0.15, -0.1) is 0 Å². The predicted molar refractivity (Wildman–Crippen MR) is 69.1 cm³/mol. The lowest BCUT2D eigenvalue weighted by molar-refractivity contribution is -0.184. The minimum absolute atomic E-state index is 0.0548. The highest BCUT2D eigenvalue weighted by molar-refractivity contribution is 6.04. The van der Waals surface area contributed by atoms with Gasteiger partial charge in [-0.25, -0.2) is 0 Å². The molecule has 2 rings (SSSR count). The number of benzene rings is 1. The number of nitrogens with zero attached hydrogens (tertiary/aromatic N) is 1. The van der Waals surface area contributed by atoms with Crippen LogP contribution in [0.5, 0.6) is 0 Å². The van der Waals surface area contributed by atoms with Crippen molar-refractivity contribution in [1.29, 1.82) is 5.26 Å². The number of hydrogen-bond acceptors (Lipinski definition) is 3. The first-order valence-electron chi connectivity index (χ1n) is 6.11. The number of nitriles is 1. The van der Waals surface area contributed by atoms with Crippen molar-refractivity contribution in [2.24, 2.45) is 0 Å². The van der Waals surface area contributed by atoms with Crippen LogP contribution in [0.3, 0.4) is 0 Å². The summed E-state index contributed by atoms with van der Waals surface area (Å²) < 4.78 is 40.5. The first-order valence-corrected chi connectivity index (χ1v) is 6.11. The first-order chi connectivity index (χ1) is 10.2. The van der Waals surface area contributed by atoms with Gasteiger partial charge in [0.05, 0.1) is 11.6 Å². The highest BCUT2D eigenvalue weighted by atomic mass is 19.4. The van der Waals surface area contributed by atoms with E-state index in [1.54, 1.807) is 11.4 Å². The minimum atomic E-state index is -5.16. The van der Waals surface area contributed by atoms with Crippen LogP contribution in [0.4, 0.5) is 13.2 Å². The monoisotopic (exact) mass is 309 g/mol. The number of alkyl halides is 3. The van der Waals surface area contributed by atoms with Crippen LogP contribution in [0.25, 0.3) is 0 Å². The van der Waals surface area contributed by atoms with E-state index in [2.05, 4.69) is 0 Å². The van der Waals surface area contributed by atoms with Gasteiger partial charge in [-0.3, -0.25) is 9.59 Å². The third-order valence-electron chi connectivity index (χ3n) is 3.27. The van der Waals surface area contributed by atoms with Crippen LogP contribution in [0, 0.1) is 11.3 Å². The lowest BCUT2D eigenvalue weighted by Gasteiger charge is -2.30. The second-order valence-electron chi connectivity index (χ2n) is 4.63. The van der Waals surface area contributed by atoms with Gasteiger partial charge in [0.15, 0.2) is 0 Å². The Morgan fingerprint density at radius 2 is 1.91 bits per heavy atom. The molecule has 0 bridgehead atoms. The van der Waals surface area contributed by atoms with Crippen LogP contribution >= 0.6 is 0 Å². The second-order valence-corrected chi connectivity index (χ2v) is 4.63. The summed E-state index contributed by atoms with van der Waals surface area (Å²) in [6.45, 7) is 1.17. The third kappa shape index (κ3) is 2.20. The Morgan fingerprint density at radius 1 is 1.32 bits per heavy atom. The number of rotatable bonds is 2. The van der Waals surface area contributed by atoms with Crippen LogP contribution in [0.2, 0.25) is 0 Å². The summed E-state index contributed by atoms with van der Waals surface area (Å²) in [5.41, 5.74) is -4.54. The van der Waals surface area contributed by atoms with Gasteiger partial charge in [0.1, 0.15) is 0 Å². The summed E-state index contributed by atoms with van der Waals surface area (Å²) in [7, 11) is 0. The van der Waals surface area contributed by atoms with E-state index in [-0.39, 0.29) is 11.3 Å². The van der Waals surface area contributed by atoms with Gasteiger partial charge in [0.2, 0.25) is 0 Å². The fraction of sp³-hybridized carbons (Fsp3) is 0.214. The Labute approximate surface area is 123 Å². The van der Waals surface area contributed by atoms with E-state index in [1.165, 1.54) is 37.3 Å². The van der Waals surface area contributed by atoms with Gasteiger partial charge in [0, 0.05) is 11.3 Å². The average Bonchev–Trinajstić information content (AvgIpc) is 2.70. The standard InChI is InChI=1S/C14H10F3N3O2/c1-8-10(7-18)13(12(22)19-8,14(15,16)17)20-11(21)9-5-3-2-4-6-9/h2-6H,1H3,(H,19,22)(H,20,21)/t13-/m0/s1. The first kappa shape index (κ1) is 15.6. The molecular weight excluding hydrogens is 299 g/mol.